The largest absolute Gasteiger partial charge is 0.439 e. The van der Waals surface area contributed by atoms with Gasteiger partial charge in [-0.2, -0.15) is 0 Å². The van der Waals surface area contributed by atoms with E-state index in [1.165, 1.54) is 0 Å². The zero-order chi connectivity index (χ0) is 10.7. The van der Waals surface area contributed by atoms with E-state index in [1.807, 2.05) is 43.3 Å². The second kappa shape index (κ2) is 4.61. The smallest absolute Gasteiger partial charge is 0.223 e. The first-order valence-electron chi connectivity index (χ1n) is 4.61. The highest BCUT2D eigenvalue weighted by atomic mass is 127. The highest BCUT2D eigenvalue weighted by Gasteiger charge is 2.04. The van der Waals surface area contributed by atoms with E-state index in [-0.39, 0.29) is 0 Å². The van der Waals surface area contributed by atoms with Crippen molar-refractivity contribution < 1.29 is 4.74 Å². The molecule has 0 bridgehead atoms. The molecule has 0 spiro atoms. The molecule has 1 heterocycles. The number of nitrogens with zero attached hydrogens (tertiary/aromatic N) is 1. The molecule has 0 radical (unpaired) electrons. The molecule has 0 fully saturated rings. The molecule has 0 saturated carbocycles. The predicted octanol–water partition coefficient (Wildman–Crippen LogP) is 3.79. The summed E-state index contributed by atoms with van der Waals surface area (Å²) in [5.74, 6) is 1.49. The van der Waals surface area contributed by atoms with E-state index in [1.54, 1.807) is 6.20 Å². The quantitative estimate of drug-likeness (QED) is 0.787. The Bertz CT molecular complexity index is 456. The van der Waals surface area contributed by atoms with Crippen LogP contribution in [0.3, 0.4) is 0 Å². The van der Waals surface area contributed by atoms with E-state index in [2.05, 4.69) is 27.6 Å². The highest BCUT2D eigenvalue weighted by Crippen LogP contribution is 2.24. The molecule has 0 aliphatic carbocycles. The van der Waals surface area contributed by atoms with Crippen molar-refractivity contribution in [3.63, 3.8) is 0 Å². The molecule has 76 valence electrons. The Kier molecular flexibility index (Phi) is 3.20. The van der Waals surface area contributed by atoms with Crippen molar-refractivity contribution >= 4 is 22.6 Å². The molecule has 1 aromatic carbocycles. The molecule has 0 unspecified atom stereocenters. The maximum Gasteiger partial charge on any atom is 0.223 e. The van der Waals surface area contributed by atoms with Gasteiger partial charge in [-0.25, -0.2) is 4.98 Å². The number of halogens is 1. The van der Waals surface area contributed by atoms with Crippen LogP contribution in [0.4, 0.5) is 0 Å². The zero-order valence-electron chi connectivity index (χ0n) is 8.27. The molecule has 0 atom stereocenters. The number of rotatable bonds is 2. The van der Waals surface area contributed by atoms with E-state index in [9.17, 15) is 0 Å². The fourth-order valence-corrected chi connectivity index (χ4v) is 1.59. The first-order valence-corrected chi connectivity index (χ1v) is 5.69. The van der Waals surface area contributed by atoms with Gasteiger partial charge in [0.25, 0.3) is 0 Å². The standard InChI is InChI=1S/C12H10INO/c1-9-11(13)7-8-14-12(9)15-10-5-3-2-4-6-10/h2-8H,1H3. The number of hydrogen-bond donors (Lipinski definition) is 0. The SMILES string of the molecule is Cc1c(I)ccnc1Oc1ccccc1. The van der Waals surface area contributed by atoms with Gasteiger partial charge in [-0.15, -0.1) is 0 Å². The van der Waals surface area contributed by atoms with Crippen LogP contribution in [-0.4, -0.2) is 4.98 Å². The maximum absolute atomic E-state index is 5.67. The molecule has 0 aliphatic heterocycles. The summed E-state index contributed by atoms with van der Waals surface area (Å²) in [6, 6.07) is 11.6. The number of benzene rings is 1. The summed E-state index contributed by atoms with van der Waals surface area (Å²) in [5.41, 5.74) is 1.07. The summed E-state index contributed by atoms with van der Waals surface area (Å²) in [6.07, 6.45) is 1.76. The molecular formula is C12H10INO. The van der Waals surface area contributed by atoms with E-state index in [0.29, 0.717) is 5.88 Å². The Hall–Kier alpha value is -1.10. The van der Waals surface area contributed by atoms with E-state index >= 15 is 0 Å². The Morgan fingerprint density at radius 3 is 2.60 bits per heavy atom. The van der Waals surface area contributed by atoms with Crippen molar-refractivity contribution in [2.24, 2.45) is 0 Å². The number of pyridine rings is 1. The van der Waals surface area contributed by atoms with E-state index in [0.717, 1.165) is 14.9 Å². The van der Waals surface area contributed by atoms with Crippen LogP contribution in [0.2, 0.25) is 0 Å². The normalized spacial score (nSPS) is 10.0. The molecule has 15 heavy (non-hydrogen) atoms. The average molecular weight is 311 g/mol. The number of hydrogen-bond acceptors (Lipinski definition) is 2. The molecule has 0 amide bonds. The lowest BCUT2D eigenvalue weighted by Crippen LogP contribution is -1.92. The summed E-state index contributed by atoms with van der Waals surface area (Å²) >= 11 is 2.27. The summed E-state index contributed by atoms with van der Waals surface area (Å²) in [6.45, 7) is 2.01. The number of para-hydroxylation sites is 1. The van der Waals surface area contributed by atoms with Gasteiger partial charge in [0.15, 0.2) is 0 Å². The van der Waals surface area contributed by atoms with Gasteiger partial charge in [-0.05, 0) is 47.7 Å². The van der Waals surface area contributed by atoms with Gasteiger partial charge in [0.05, 0.1) is 0 Å². The van der Waals surface area contributed by atoms with Crippen molar-refractivity contribution in [3.8, 4) is 11.6 Å². The molecule has 2 nitrogen and oxygen atoms in total. The Balaban J connectivity index is 2.29. The molecule has 3 heteroatoms. The third-order valence-electron chi connectivity index (χ3n) is 2.05. The summed E-state index contributed by atoms with van der Waals surface area (Å²) in [4.78, 5) is 4.21. The van der Waals surface area contributed by atoms with Crippen molar-refractivity contribution in [1.82, 2.24) is 4.98 Å². The second-order valence-electron chi connectivity index (χ2n) is 3.14. The highest BCUT2D eigenvalue weighted by molar-refractivity contribution is 14.1. The van der Waals surface area contributed by atoms with Crippen LogP contribution < -0.4 is 4.74 Å². The third kappa shape index (κ3) is 2.47. The van der Waals surface area contributed by atoms with Crippen molar-refractivity contribution in [3.05, 3.63) is 51.7 Å². The minimum Gasteiger partial charge on any atom is -0.439 e. The van der Waals surface area contributed by atoms with Gasteiger partial charge in [-0.1, -0.05) is 18.2 Å². The third-order valence-corrected chi connectivity index (χ3v) is 3.22. The fourth-order valence-electron chi connectivity index (χ4n) is 1.20. The maximum atomic E-state index is 5.67. The summed E-state index contributed by atoms with van der Waals surface area (Å²) < 4.78 is 6.83. The van der Waals surface area contributed by atoms with Crippen LogP contribution in [0.1, 0.15) is 5.56 Å². The van der Waals surface area contributed by atoms with Gasteiger partial charge in [0.1, 0.15) is 5.75 Å². The Morgan fingerprint density at radius 1 is 1.13 bits per heavy atom. The lowest BCUT2D eigenvalue weighted by atomic mass is 10.3. The molecule has 0 aliphatic rings. The van der Waals surface area contributed by atoms with Gasteiger partial charge in [0, 0.05) is 15.3 Å². The molecule has 2 rings (SSSR count). The fraction of sp³-hybridized carbons (Fsp3) is 0.0833. The van der Waals surface area contributed by atoms with Gasteiger partial charge in [0.2, 0.25) is 5.88 Å². The predicted molar refractivity (Wildman–Crippen MR) is 68.2 cm³/mol. The van der Waals surface area contributed by atoms with Crippen LogP contribution in [0.5, 0.6) is 11.6 Å². The molecule has 0 saturated heterocycles. The van der Waals surface area contributed by atoms with E-state index < -0.39 is 0 Å². The van der Waals surface area contributed by atoms with E-state index in [4.69, 9.17) is 4.74 Å². The molecule has 1 aromatic heterocycles. The summed E-state index contributed by atoms with van der Waals surface area (Å²) in [7, 11) is 0. The van der Waals surface area contributed by atoms with Crippen LogP contribution in [-0.2, 0) is 0 Å². The molecular weight excluding hydrogens is 301 g/mol. The van der Waals surface area contributed by atoms with Crippen LogP contribution in [0.25, 0.3) is 0 Å². The van der Waals surface area contributed by atoms with Crippen molar-refractivity contribution in [2.45, 2.75) is 6.92 Å². The van der Waals surface area contributed by atoms with Crippen LogP contribution in [0.15, 0.2) is 42.6 Å². The first-order chi connectivity index (χ1) is 7.27. The van der Waals surface area contributed by atoms with Gasteiger partial charge in [-0.3, -0.25) is 0 Å². The van der Waals surface area contributed by atoms with Gasteiger partial charge < -0.3 is 4.74 Å². The minimum atomic E-state index is 0.674. The molecule has 0 N–H and O–H groups in total. The van der Waals surface area contributed by atoms with Gasteiger partial charge >= 0.3 is 0 Å². The number of aromatic nitrogens is 1. The second-order valence-corrected chi connectivity index (χ2v) is 4.30. The van der Waals surface area contributed by atoms with Crippen LogP contribution >= 0.6 is 22.6 Å². The molecule has 2 aromatic rings. The average Bonchev–Trinajstić information content (AvgIpc) is 2.26. The Labute approximate surface area is 102 Å². The van der Waals surface area contributed by atoms with Crippen molar-refractivity contribution in [2.75, 3.05) is 0 Å². The van der Waals surface area contributed by atoms with Crippen molar-refractivity contribution in [1.29, 1.82) is 0 Å². The topological polar surface area (TPSA) is 22.1 Å². The van der Waals surface area contributed by atoms with Crippen LogP contribution in [0, 0.1) is 10.5 Å². The Morgan fingerprint density at radius 2 is 1.87 bits per heavy atom. The summed E-state index contributed by atoms with van der Waals surface area (Å²) in [5, 5.41) is 0. The minimum absolute atomic E-state index is 0.674. The first kappa shape index (κ1) is 10.4. The number of ether oxygens (including phenoxy) is 1. The zero-order valence-corrected chi connectivity index (χ0v) is 10.4. The lowest BCUT2D eigenvalue weighted by Gasteiger charge is -2.07. The monoisotopic (exact) mass is 311 g/mol. The lowest BCUT2D eigenvalue weighted by molar-refractivity contribution is 0.458.